The summed E-state index contributed by atoms with van der Waals surface area (Å²) in [7, 11) is -3.57. The van der Waals surface area contributed by atoms with Crippen LogP contribution in [0.1, 0.15) is 48.5 Å². The molecule has 4 aromatic carbocycles. The number of hydrogen-bond donors (Lipinski definition) is 1. The van der Waals surface area contributed by atoms with Gasteiger partial charge in [-0.15, -0.1) is 0 Å². The number of carbonyl (C=O) groups excluding carboxylic acids is 1. The molecule has 1 amide bonds. The Morgan fingerprint density at radius 3 is 1.43 bits per heavy atom. The third-order valence-corrected chi connectivity index (χ3v) is 15.6. The summed E-state index contributed by atoms with van der Waals surface area (Å²) in [4.78, 5) is 13.6. The lowest BCUT2D eigenvalue weighted by Gasteiger charge is -2.46. The second-order valence-electron chi connectivity index (χ2n) is 13.1. The van der Waals surface area contributed by atoms with Crippen LogP contribution in [0.5, 0.6) is 0 Å². The summed E-state index contributed by atoms with van der Waals surface area (Å²) >= 11 is 0. The summed E-state index contributed by atoms with van der Waals surface area (Å²) in [6.07, 6.45) is 0.546. The predicted octanol–water partition coefficient (Wildman–Crippen LogP) is 6.62. The fraction of sp³-hybridized carbons (Fsp3) is 0.324. The third-order valence-electron chi connectivity index (χ3n) is 7.86. The van der Waals surface area contributed by atoms with Gasteiger partial charge in [0, 0.05) is 5.41 Å². The van der Waals surface area contributed by atoms with Gasteiger partial charge < -0.3 is 9.74 Å². The Bertz CT molecular complexity index is 1320. The summed E-state index contributed by atoms with van der Waals surface area (Å²) in [6.45, 7) is 15.0. The zero-order valence-corrected chi connectivity index (χ0v) is 28.1. The maximum Gasteiger partial charge on any atom is 0.261 e. The number of benzene rings is 4. The van der Waals surface area contributed by atoms with Crippen LogP contribution in [0, 0.1) is 5.41 Å². The zero-order chi connectivity index (χ0) is 30.4. The van der Waals surface area contributed by atoms with Crippen LogP contribution in [-0.2, 0) is 9.22 Å². The van der Waals surface area contributed by atoms with E-state index >= 15 is 0 Å². The molecule has 0 radical (unpaired) electrons. The highest BCUT2D eigenvalue weighted by Crippen LogP contribution is 2.40. The van der Waals surface area contributed by atoms with Crippen molar-refractivity contribution in [3.8, 4) is 0 Å². The van der Waals surface area contributed by atoms with Gasteiger partial charge in [-0.25, -0.2) is 0 Å². The molecule has 4 rings (SSSR count). The molecule has 42 heavy (non-hydrogen) atoms. The molecule has 0 saturated carbocycles. The van der Waals surface area contributed by atoms with E-state index in [9.17, 15) is 4.79 Å². The third kappa shape index (κ3) is 7.29. The first-order chi connectivity index (χ1) is 19.9. The smallest absolute Gasteiger partial charge is 0.261 e. The van der Waals surface area contributed by atoms with E-state index in [-0.39, 0.29) is 23.1 Å². The molecule has 0 spiro atoms. The van der Waals surface area contributed by atoms with E-state index < -0.39 is 21.7 Å². The molecule has 220 valence electrons. The molecule has 1 N–H and O–H groups in total. The molecule has 0 bridgehead atoms. The molecule has 0 fully saturated rings. The average molecular weight is 596 g/mol. The second kappa shape index (κ2) is 13.5. The average Bonchev–Trinajstić information content (AvgIpc) is 2.98. The lowest BCUT2D eigenvalue weighted by molar-refractivity contribution is -0.129. The van der Waals surface area contributed by atoms with Crippen molar-refractivity contribution in [3.05, 3.63) is 121 Å². The van der Waals surface area contributed by atoms with Crippen LogP contribution in [-0.4, -0.2) is 32.5 Å². The normalized spacial score (nSPS) is 13.9. The fourth-order valence-corrected chi connectivity index (χ4v) is 12.8. The van der Waals surface area contributed by atoms with Gasteiger partial charge in [-0.1, -0.05) is 163 Å². The molecule has 0 unspecified atom stereocenters. The molecule has 4 aromatic rings. The van der Waals surface area contributed by atoms with Crippen LogP contribution in [0.4, 0.5) is 0 Å². The molecule has 0 aliphatic rings. The lowest BCUT2D eigenvalue weighted by Crippen LogP contribution is -2.69. The van der Waals surface area contributed by atoms with Gasteiger partial charge in [-0.2, -0.15) is 0 Å². The van der Waals surface area contributed by atoms with Crippen molar-refractivity contribution in [2.75, 3.05) is 6.16 Å². The first-order valence-corrected chi connectivity index (χ1v) is 18.3. The Morgan fingerprint density at radius 1 is 0.690 bits per heavy atom. The Hall–Kier alpha value is -3.04. The maximum atomic E-state index is 13.6. The Balaban J connectivity index is 1.82. The van der Waals surface area contributed by atoms with E-state index in [4.69, 9.17) is 4.43 Å². The van der Waals surface area contributed by atoms with E-state index in [0.717, 1.165) is 6.16 Å². The minimum atomic E-state index is -2.83. The van der Waals surface area contributed by atoms with Crippen molar-refractivity contribution in [2.45, 2.75) is 65.7 Å². The maximum absolute atomic E-state index is 13.6. The van der Waals surface area contributed by atoms with Crippen LogP contribution in [0.15, 0.2) is 121 Å². The number of rotatable bonds is 10. The molecule has 0 aliphatic carbocycles. The van der Waals surface area contributed by atoms with Crippen molar-refractivity contribution >= 4 is 43.1 Å². The van der Waals surface area contributed by atoms with Crippen LogP contribution >= 0.6 is 7.92 Å². The predicted molar refractivity (Wildman–Crippen MR) is 183 cm³/mol. The van der Waals surface area contributed by atoms with Crippen molar-refractivity contribution in [2.24, 2.45) is 5.41 Å². The molecule has 3 nitrogen and oxygen atoms in total. The van der Waals surface area contributed by atoms with Crippen LogP contribution in [0.2, 0.25) is 5.04 Å². The molecule has 0 heterocycles. The lowest BCUT2D eigenvalue weighted by atomic mass is 9.95. The first-order valence-electron chi connectivity index (χ1n) is 14.9. The van der Waals surface area contributed by atoms with E-state index in [2.05, 4.69) is 154 Å². The second-order valence-corrected chi connectivity index (χ2v) is 19.6. The van der Waals surface area contributed by atoms with Crippen LogP contribution in [0.25, 0.3) is 0 Å². The van der Waals surface area contributed by atoms with Crippen LogP contribution in [0.3, 0.4) is 0 Å². The van der Waals surface area contributed by atoms with E-state index in [1.807, 2.05) is 20.8 Å². The number of hydrogen-bond acceptors (Lipinski definition) is 2. The minimum Gasteiger partial charge on any atom is -0.403 e. The zero-order valence-electron chi connectivity index (χ0n) is 26.2. The molecule has 5 heteroatoms. The highest BCUT2D eigenvalue weighted by atomic mass is 31.1. The molecular formula is C37H46NO2PSi. The monoisotopic (exact) mass is 595 g/mol. The van der Waals surface area contributed by atoms with Gasteiger partial charge in [0.2, 0.25) is 5.91 Å². The van der Waals surface area contributed by atoms with Crippen molar-refractivity contribution in [1.29, 1.82) is 0 Å². The SMILES string of the molecule is C[C@@H](O[Si](c1ccccc1)(c1ccccc1)C(C)(C)C)[C@@H](CP(c1ccccc1)c1ccccc1)NC(=O)C(C)(C)C. The molecule has 0 aliphatic heterocycles. The molecule has 2 atom stereocenters. The minimum absolute atomic E-state index is 0.0430. The number of carbonyl (C=O) groups is 1. The Kier molecular flexibility index (Phi) is 10.3. The number of amides is 1. The van der Waals surface area contributed by atoms with Gasteiger partial charge in [0.1, 0.15) is 0 Å². The summed E-state index contributed by atoms with van der Waals surface area (Å²) in [5, 5.41) is 8.39. The molecule has 0 aromatic heterocycles. The van der Waals surface area contributed by atoms with Crippen molar-refractivity contribution in [1.82, 2.24) is 5.32 Å². The Labute approximate surface area is 255 Å². The standard InChI is InChI=1S/C37H46NO2PSi/c1-29(40-42(37(5,6)7,32-24-16-10-17-25-32)33-26-18-11-19-27-33)34(38-35(39)36(2,3)4)28-41(30-20-12-8-13-21-30)31-22-14-9-15-23-31/h8-27,29,34H,28H2,1-7H3,(H,38,39)/t29-,34-/m1/s1. The van der Waals surface area contributed by atoms with Gasteiger partial charge in [-0.3, -0.25) is 4.79 Å². The summed E-state index contributed by atoms with van der Waals surface area (Å²) in [5.41, 5.74) is -0.516. The summed E-state index contributed by atoms with van der Waals surface area (Å²) < 4.78 is 7.56. The molecular weight excluding hydrogens is 549 g/mol. The molecule has 0 saturated heterocycles. The first kappa shape index (κ1) is 31.9. The van der Waals surface area contributed by atoms with E-state index in [1.165, 1.54) is 21.0 Å². The van der Waals surface area contributed by atoms with Gasteiger partial charge in [0.05, 0.1) is 12.1 Å². The summed E-state index contributed by atoms with van der Waals surface area (Å²) in [6, 6.07) is 42.7. The van der Waals surface area contributed by atoms with Crippen LogP contribution < -0.4 is 26.3 Å². The van der Waals surface area contributed by atoms with Gasteiger partial charge in [0.15, 0.2) is 0 Å². The quantitative estimate of drug-likeness (QED) is 0.165. The van der Waals surface area contributed by atoms with Gasteiger partial charge >= 0.3 is 0 Å². The van der Waals surface area contributed by atoms with E-state index in [0.29, 0.717) is 0 Å². The topological polar surface area (TPSA) is 38.3 Å². The largest absolute Gasteiger partial charge is 0.403 e. The van der Waals surface area contributed by atoms with Gasteiger partial charge in [-0.05, 0) is 47.0 Å². The van der Waals surface area contributed by atoms with Crippen molar-refractivity contribution in [3.63, 3.8) is 0 Å². The number of nitrogens with one attached hydrogen (secondary N) is 1. The summed E-state index contributed by atoms with van der Waals surface area (Å²) in [5.74, 6) is 0.0430. The van der Waals surface area contributed by atoms with E-state index in [1.54, 1.807) is 0 Å². The highest BCUT2D eigenvalue weighted by molar-refractivity contribution is 7.73. The van der Waals surface area contributed by atoms with Crippen molar-refractivity contribution < 1.29 is 9.22 Å². The fourth-order valence-electron chi connectivity index (χ4n) is 5.52. The van der Waals surface area contributed by atoms with Gasteiger partial charge in [0.25, 0.3) is 8.32 Å². The highest BCUT2D eigenvalue weighted by Gasteiger charge is 2.52. The Morgan fingerprint density at radius 2 is 1.07 bits per heavy atom.